The van der Waals surface area contributed by atoms with Crippen molar-refractivity contribution in [2.45, 2.75) is 44.8 Å². The maximum Gasteiger partial charge on any atom is 0.410 e. The highest BCUT2D eigenvalue weighted by atomic mass is 19.1. The number of halogens is 1. The number of benzene rings is 2. The van der Waals surface area contributed by atoms with Gasteiger partial charge in [0.2, 0.25) is 0 Å². The fourth-order valence-corrected chi connectivity index (χ4v) is 4.77. The quantitative estimate of drug-likeness (QED) is 0.672. The van der Waals surface area contributed by atoms with Gasteiger partial charge in [-0.25, -0.2) is 9.18 Å². The first-order valence-electron chi connectivity index (χ1n) is 10.9. The Bertz CT molecular complexity index is 841. The number of amides is 1. The van der Waals surface area contributed by atoms with Gasteiger partial charge in [-0.05, 0) is 80.9 Å². The minimum Gasteiger partial charge on any atom is -0.446 e. The number of hydrogen-bond acceptors (Lipinski definition) is 3. The minimum atomic E-state index is -0.178. The first kappa shape index (κ1) is 20.9. The number of ether oxygens (including phenoxy) is 1. The van der Waals surface area contributed by atoms with Gasteiger partial charge in [0.25, 0.3) is 0 Å². The third kappa shape index (κ3) is 5.01. The highest BCUT2D eigenvalue weighted by Gasteiger charge is 2.47. The second-order valence-corrected chi connectivity index (χ2v) is 8.95. The van der Waals surface area contributed by atoms with Crippen LogP contribution in [0.25, 0.3) is 0 Å². The number of fused-ring (bicyclic) bond motifs is 1. The summed E-state index contributed by atoms with van der Waals surface area (Å²) in [6.45, 7) is 3.84. The van der Waals surface area contributed by atoms with Crippen LogP contribution in [-0.2, 0) is 17.7 Å². The normalized spacial score (nSPS) is 20.5. The number of nitrogens with zero attached hydrogens (tertiary/aromatic N) is 2. The van der Waals surface area contributed by atoms with Gasteiger partial charge in [-0.15, -0.1) is 0 Å². The van der Waals surface area contributed by atoms with Crippen molar-refractivity contribution in [1.82, 2.24) is 9.80 Å². The molecule has 2 aromatic carbocycles. The van der Waals surface area contributed by atoms with Gasteiger partial charge < -0.3 is 14.5 Å². The van der Waals surface area contributed by atoms with Crippen molar-refractivity contribution in [1.29, 1.82) is 0 Å². The van der Waals surface area contributed by atoms with Gasteiger partial charge in [0, 0.05) is 13.1 Å². The molecule has 0 aromatic heterocycles. The molecule has 1 aliphatic carbocycles. The molecule has 160 valence electrons. The van der Waals surface area contributed by atoms with Crippen LogP contribution in [0, 0.1) is 11.2 Å². The summed E-state index contributed by atoms with van der Waals surface area (Å²) in [6.07, 6.45) is 5.61. The van der Waals surface area contributed by atoms with Crippen LogP contribution in [0.3, 0.4) is 0 Å². The molecule has 1 spiro atoms. The van der Waals surface area contributed by atoms with Crippen LogP contribution in [0.4, 0.5) is 9.18 Å². The zero-order valence-electron chi connectivity index (χ0n) is 17.7. The Morgan fingerprint density at radius 2 is 1.60 bits per heavy atom. The summed E-state index contributed by atoms with van der Waals surface area (Å²) in [5.74, 6) is -0.178. The maximum absolute atomic E-state index is 12.4. The van der Waals surface area contributed by atoms with Gasteiger partial charge in [-0.2, -0.15) is 0 Å². The molecule has 0 N–H and O–H groups in total. The molecule has 5 heteroatoms. The van der Waals surface area contributed by atoms with E-state index in [1.807, 2.05) is 11.0 Å². The molecule has 0 atom stereocenters. The molecule has 1 saturated carbocycles. The highest BCUT2D eigenvalue weighted by molar-refractivity contribution is 5.68. The molecule has 1 amide bonds. The molecule has 2 heterocycles. The van der Waals surface area contributed by atoms with E-state index < -0.39 is 0 Å². The summed E-state index contributed by atoms with van der Waals surface area (Å²) in [6, 6.07) is 16.3. The van der Waals surface area contributed by atoms with Crippen molar-refractivity contribution in [3.8, 4) is 0 Å². The van der Waals surface area contributed by atoms with Gasteiger partial charge in [-0.1, -0.05) is 42.5 Å². The summed E-state index contributed by atoms with van der Waals surface area (Å²) in [5, 5.41) is 0. The summed E-state index contributed by atoms with van der Waals surface area (Å²) in [4.78, 5) is 16.7. The average molecular weight is 411 g/mol. The summed E-state index contributed by atoms with van der Waals surface area (Å²) >= 11 is 0. The molecular formula is C25H31FN2O2. The first-order chi connectivity index (χ1) is 14.5. The first-order valence-corrected chi connectivity index (χ1v) is 10.9. The molecule has 0 radical (unpaired) electrons. The molecule has 1 saturated heterocycles. The molecule has 2 aromatic rings. The zero-order valence-corrected chi connectivity index (χ0v) is 17.7. The molecule has 0 bridgehead atoms. The number of carbonyl (C=O) groups is 1. The lowest BCUT2D eigenvalue weighted by atomic mass is 9.61. The third-order valence-corrected chi connectivity index (χ3v) is 6.76. The van der Waals surface area contributed by atoms with Gasteiger partial charge in [0.1, 0.15) is 11.9 Å². The topological polar surface area (TPSA) is 32.8 Å². The Hall–Kier alpha value is -2.40. The van der Waals surface area contributed by atoms with E-state index in [2.05, 4.69) is 30.1 Å². The van der Waals surface area contributed by atoms with Gasteiger partial charge in [-0.3, -0.25) is 0 Å². The fraction of sp³-hybridized carbons (Fsp3) is 0.480. The lowest BCUT2D eigenvalue weighted by Gasteiger charge is -2.51. The molecule has 0 unspecified atom stereocenters. The van der Waals surface area contributed by atoms with Crippen molar-refractivity contribution < 1.29 is 13.9 Å². The number of carbonyl (C=O) groups excluding carboxylic acids is 1. The molecular weight excluding hydrogens is 379 g/mol. The second kappa shape index (κ2) is 9.17. The number of piperidine rings is 1. The van der Waals surface area contributed by atoms with E-state index in [9.17, 15) is 9.18 Å². The molecule has 5 rings (SSSR count). The zero-order chi connectivity index (χ0) is 21.0. The van der Waals surface area contributed by atoms with Crippen LogP contribution in [0.2, 0.25) is 0 Å². The van der Waals surface area contributed by atoms with Crippen LogP contribution in [0.1, 0.15) is 36.8 Å². The fourth-order valence-electron chi connectivity index (χ4n) is 4.77. The Morgan fingerprint density at radius 1 is 0.967 bits per heavy atom. The molecule has 30 heavy (non-hydrogen) atoms. The average Bonchev–Trinajstić information content (AvgIpc) is 2.75. The van der Waals surface area contributed by atoms with Gasteiger partial charge in [0.15, 0.2) is 0 Å². The van der Waals surface area contributed by atoms with E-state index in [0.717, 1.165) is 25.8 Å². The predicted molar refractivity (Wildman–Crippen MR) is 116 cm³/mol. The van der Waals surface area contributed by atoms with Crippen molar-refractivity contribution in [3.63, 3.8) is 0 Å². The van der Waals surface area contributed by atoms with Crippen molar-refractivity contribution in [2.75, 3.05) is 26.7 Å². The van der Waals surface area contributed by atoms with E-state index >= 15 is 0 Å². The maximum atomic E-state index is 12.4. The highest BCUT2D eigenvalue weighted by Crippen LogP contribution is 2.50. The van der Waals surface area contributed by atoms with Crippen LogP contribution >= 0.6 is 0 Å². The lowest BCUT2D eigenvalue weighted by molar-refractivity contribution is -0.0787. The summed E-state index contributed by atoms with van der Waals surface area (Å²) < 4.78 is 17.7. The van der Waals surface area contributed by atoms with Gasteiger partial charge in [0.05, 0.1) is 0 Å². The van der Waals surface area contributed by atoms with Crippen LogP contribution in [0.5, 0.6) is 0 Å². The molecule has 2 fully saturated rings. The second-order valence-electron chi connectivity index (χ2n) is 8.95. The largest absolute Gasteiger partial charge is 0.446 e. The van der Waals surface area contributed by atoms with E-state index in [1.165, 1.54) is 49.2 Å². The molecule has 4 nitrogen and oxygen atoms in total. The smallest absolute Gasteiger partial charge is 0.410 e. The Balaban J connectivity index is 0.000000265. The SMILES string of the molecule is CN1CCC2(CC1)CC(OC(=O)N1CCc3ccccc3C1)C2.Fc1ccccc1. The predicted octanol–water partition coefficient (Wildman–Crippen LogP) is 4.88. The minimum absolute atomic E-state index is 0.118. The summed E-state index contributed by atoms with van der Waals surface area (Å²) in [7, 11) is 2.19. The van der Waals surface area contributed by atoms with Crippen LogP contribution in [-0.4, -0.2) is 48.7 Å². The Labute approximate surface area is 178 Å². The monoisotopic (exact) mass is 410 g/mol. The Morgan fingerprint density at radius 3 is 2.23 bits per heavy atom. The third-order valence-electron chi connectivity index (χ3n) is 6.76. The summed E-state index contributed by atoms with van der Waals surface area (Å²) in [5.41, 5.74) is 3.09. The molecule has 3 aliphatic rings. The van der Waals surface area contributed by atoms with E-state index in [0.29, 0.717) is 12.0 Å². The van der Waals surface area contributed by atoms with E-state index in [1.54, 1.807) is 18.2 Å². The number of likely N-dealkylation sites (tertiary alicyclic amines) is 1. The van der Waals surface area contributed by atoms with E-state index in [-0.39, 0.29) is 18.0 Å². The molecule has 2 aliphatic heterocycles. The van der Waals surface area contributed by atoms with Crippen LogP contribution in [0.15, 0.2) is 54.6 Å². The van der Waals surface area contributed by atoms with Crippen LogP contribution < -0.4 is 0 Å². The number of rotatable bonds is 1. The van der Waals surface area contributed by atoms with Crippen molar-refractivity contribution >= 4 is 6.09 Å². The van der Waals surface area contributed by atoms with Crippen molar-refractivity contribution in [2.24, 2.45) is 5.41 Å². The van der Waals surface area contributed by atoms with E-state index in [4.69, 9.17) is 4.74 Å². The Kier molecular flexibility index (Phi) is 6.38. The van der Waals surface area contributed by atoms with Gasteiger partial charge >= 0.3 is 6.09 Å². The lowest BCUT2D eigenvalue weighted by Crippen LogP contribution is -2.50. The standard InChI is InChI=1S/C19H26N2O2.C6H5F/c1-20-10-7-19(8-11-20)12-17(13-19)23-18(22)21-9-6-15-4-2-3-5-16(15)14-21;7-6-4-2-1-3-5-6/h2-5,17H,6-14H2,1H3;1-5H. The van der Waals surface area contributed by atoms with Crippen molar-refractivity contribution in [3.05, 3.63) is 71.5 Å². The number of hydrogen-bond donors (Lipinski definition) is 0.